The van der Waals surface area contributed by atoms with Gasteiger partial charge in [-0.05, 0) is 34.2 Å². The van der Waals surface area contributed by atoms with Crippen LogP contribution >= 0.6 is 22.6 Å². The Balaban J connectivity index is 3.12. The smallest absolute Gasteiger partial charge is 0.282 e. The maximum Gasteiger partial charge on any atom is 0.282 e. The summed E-state index contributed by atoms with van der Waals surface area (Å²) in [6.45, 7) is 1.75. The van der Waals surface area contributed by atoms with E-state index in [-0.39, 0.29) is 11.6 Å². The number of carbonyl (C=O) groups is 1. The van der Waals surface area contributed by atoms with Gasteiger partial charge in [0, 0.05) is 12.0 Å². The Morgan fingerprint density at radius 3 is 2.64 bits per heavy atom. The second-order valence-corrected chi connectivity index (χ2v) is 4.05. The normalized spacial score (nSPS) is 12.1. The van der Waals surface area contributed by atoms with E-state index in [1.54, 1.807) is 19.1 Å². The van der Waals surface area contributed by atoms with Crippen LogP contribution in [-0.2, 0) is 4.79 Å². The lowest BCUT2D eigenvalue weighted by Crippen LogP contribution is -1.97. The van der Waals surface area contributed by atoms with Crippen LogP contribution in [-0.4, -0.2) is 11.2 Å². The summed E-state index contributed by atoms with van der Waals surface area (Å²) >= 11 is 1.89. The second-order valence-electron chi connectivity index (χ2n) is 2.89. The van der Waals surface area contributed by atoms with Gasteiger partial charge in [-0.1, -0.05) is 13.0 Å². The van der Waals surface area contributed by atoms with Crippen molar-refractivity contribution in [2.24, 2.45) is 0 Å². The van der Waals surface area contributed by atoms with E-state index in [0.717, 1.165) is 11.8 Å². The molecule has 1 rings (SSSR count). The Hall–Kier alpha value is -0.980. The first-order valence-corrected chi connectivity index (χ1v) is 5.03. The van der Waals surface area contributed by atoms with Crippen molar-refractivity contribution in [3.8, 4) is 0 Å². The molecule has 0 fully saturated rings. The number of nitrogens with zero attached hydrogens (tertiary/aromatic N) is 1. The highest BCUT2D eigenvalue weighted by atomic mass is 127. The van der Waals surface area contributed by atoms with E-state index in [0.29, 0.717) is 3.57 Å². The van der Waals surface area contributed by atoms with E-state index in [4.69, 9.17) is 0 Å². The lowest BCUT2D eigenvalue weighted by atomic mass is 10.0. The second kappa shape index (κ2) is 4.50. The summed E-state index contributed by atoms with van der Waals surface area (Å²) in [4.78, 5) is 20.6. The molecule has 1 unspecified atom stereocenters. The van der Waals surface area contributed by atoms with Crippen molar-refractivity contribution in [1.29, 1.82) is 0 Å². The van der Waals surface area contributed by atoms with Crippen molar-refractivity contribution in [2.75, 3.05) is 0 Å². The molecule has 0 spiro atoms. The minimum absolute atomic E-state index is 0.0763. The fraction of sp³-hybridized carbons (Fsp3) is 0.222. The van der Waals surface area contributed by atoms with Gasteiger partial charge in [0.15, 0.2) is 0 Å². The van der Waals surface area contributed by atoms with Gasteiger partial charge in [-0.3, -0.25) is 10.1 Å². The number of nitro groups is 1. The van der Waals surface area contributed by atoms with Crippen molar-refractivity contribution in [3.63, 3.8) is 0 Å². The van der Waals surface area contributed by atoms with Gasteiger partial charge in [0.2, 0.25) is 0 Å². The first-order valence-electron chi connectivity index (χ1n) is 3.95. The number of carbonyl (C=O) groups excluding carboxylic acids is 1. The van der Waals surface area contributed by atoms with Crippen molar-refractivity contribution >= 4 is 34.6 Å². The minimum Gasteiger partial charge on any atom is -0.303 e. The van der Waals surface area contributed by atoms with Crippen molar-refractivity contribution in [3.05, 3.63) is 37.4 Å². The topological polar surface area (TPSA) is 60.2 Å². The van der Waals surface area contributed by atoms with Gasteiger partial charge in [0.1, 0.15) is 6.29 Å². The van der Waals surface area contributed by atoms with E-state index in [2.05, 4.69) is 0 Å². The highest BCUT2D eigenvalue weighted by Gasteiger charge is 2.13. The van der Waals surface area contributed by atoms with Crippen LogP contribution < -0.4 is 0 Å². The SMILES string of the molecule is CC(C=O)c1ccc([N+](=O)[O-])c(I)c1. The number of rotatable bonds is 3. The fourth-order valence-corrected chi connectivity index (χ4v) is 1.77. The zero-order valence-corrected chi connectivity index (χ0v) is 9.59. The molecule has 0 saturated heterocycles. The highest BCUT2D eigenvalue weighted by molar-refractivity contribution is 14.1. The number of aldehydes is 1. The molecule has 0 bridgehead atoms. The molecule has 0 heterocycles. The Morgan fingerprint density at radius 1 is 1.57 bits per heavy atom. The molecule has 4 nitrogen and oxygen atoms in total. The third-order valence-electron chi connectivity index (χ3n) is 1.90. The van der Waals surface area contributed by atoms with E-state index >= 15 is 0 Å². The Morgan fingerprint density at radius 2 is 2.21 bits per heavy atom. The molecule has 1 aromatic carbocycles. The lowest BCUT2D eigenvalue weighted by molar-refractivity contribution is -0.385. The largest absolute Gasteiger partial charge is 0.303 e. The van der Waals surface area contributed by atoms with Gasteiger partial charge in [-0.25, -0.2) is 0 Å². The molecule has 0 radical (unpaired) electrons. The predicted molar refractivity (Wildman–Crippen MR) is 60.3 cm³/mol. The molecule has 0 aromatic heterocycles. The van der Waals surface area contributed by atoms with Crippen LogP contribution in [0, 0.1) is 13.7 Å². The Bertz CT molecular complexity index is 378. The number of nitro benzene ring substituents is 1. The molecule has 0 aliphatic carbocycles. The molecule has 14 heavy (non-hydrogen) atoms. The van der Waals surface area contributed by atoms with Gasteiger partial charge in [-0.15, -0.1) is 0 Å². The molecule has 0 aliphatic rings. The summed E-state index contributed by atoms with van der Waals surface area (Å²) in [6, 6.07) is 4.70. The van der Waals surface area contributed by atoms with Gasteiger partial charge in [-0.2, -0.15) is 0 Å². The van der Waals surface area contributed by atoms with Gasteiger partial charge in [0.25, 0.3) is 5.69 Å². The van der Waals surface area contributed by atoms with Crippen LogP contribution in [0.5, 0.6) is 0 Å². The van der Waals surface area contributed by atoms with Gasteiger partial charge < -0.3 is 4.79 Å². The van der Waals surface area contributed by atoms with Crippen molar-refractivity contribution < 1.29 is 9.72 Å². The standard InChI is InChI=1S/C9H8INO3/c1-6(5-12)7-2-3-9(11(13)14)8(10)4-7/h2-6H,1H3. The van der Waals surface area contributed by atoms with Crippen LogP contribution in [0.25, 0.3) is 0 Å². The summed E-state index contributed by atoms with van der Waals surface area (Å²) in [7, 11) is 0. The summed E-state index contributed by atoms with van der Waals surface area (Å²) in [5.74, 6) is -0.218. The summed E-state index contributed by atoms with van der Waals surface area (Å²) < 4.78 is 0.554. The van der Waals surface area contributed by atoms with Crippen LogP contribution in [0.15, 0.2) is 18.2 Å². The first-order chi connectivity index (χ1) is 6.56. The monoisotopic (exact) mass is 305 g/mol. The van der Waals surface area contributed by atoms with E-state index in [1.807, 2.05) is 22.6 Å². The molecule has 5 heteroatoms. The van der Waals surface area contributed by atoms with Gasteiger partial charge in [0.05, 0.1) is 8.49 Å². The summed E-state index contributed by atoms with van der Waals surface area (Å²) in [6.07, 6.45) is 0.817. The molecule has 1 aromatic rings. The molecule has 1 atom stereocenters. The number of halogens is 1. The zero-order chi connectivity index (χ0) is 10.7. The predicted octanol–water partition coefficient (Wildman–Crippen LogP) is 2.50. The molecule has 74 valence electrons. The minimum atomic E-state index is -0.433. The van der Waals surface area contributed by atoms with Crippen LogP contribution in [0.2, 0.25) is 0 Å². The maximum absolute atomic E-state index is 10.5. The van der Waals surface area contributed by atoms with Crippen molar-refractivity contribution in [2.45, 2.75) is 12.8 Å². The Labute approximate surface area is 94.6 Å². The first kappa shape index (κ1) is 11.1. The lowest BCUT2D eigenvalue weighted by Gasteiger charge is -2.04. The summed E-state index contributed by atoms with van der Waals surface area (Å²) in [5, 5.41) is 10.5. The third-order valence-corrected chi connectivity index (χ3v) is 2.76. The van der Waals surface area contributed by atoms with Gasteiger partial charge >= 0.3 is 0 Å². The quantitative estimate of drug-likeness (QED) is 0.373. The molecular formula is C9H8INO3. The number of benzene rings is 1. The average molecular weight is 305 g/mol. The van der Waals surface area contributed by atoms with E-state index < -0.39 is 4.92 Å². The highest BCUT2D eigenvalue weighted by Crippen LogP contribution is 2.24. The fourth-order valence-electron chi connectivity index (χ4n) is 1.03. The number of hydrogen-bond donors (Lipinski definition) is 0. The zero-order valence-electron chi connectivity index (χ0n) is 7.44. The Kier molecular flexibility index (Phi) is 3.56. The van der Waals surface area contributed by atoms with Crippen molar-refractivity contribution in [1.82, 2.24) is 0 Å². The third kappa shape index (κ3) is 2.28. The van der Waals surface area contributed by atoms with Crippen LogP contribution in [0.4, 0.5) is 5.69 Å². The maximum atomic E-state index is 10.5. The average Bonchev–Trinajstić information content (AvgIpc) is 2.15. The molecule has 0 saturated carbocycles. The molecular weight excluding hydrogens is 297 g/mol. The summed E-state index contributed by atoms with van der Waals surface area (Å²) in [5.41, 5.74) is 0.877. The molecule has 0 N–H and O–H groups in total. The van der Waals surface area contributed by atoms with Crippen LogP contribution in [0.3, 0.4) is 0 Å². The van der Waals surface area contributed by atoms with E-state index in [1.165, 1.54) is 6.07 Å². The van der Waals surface area contributed by atoms with E-state index in [9.17, 15) is 14.9 Å². The molecule has 0 amide bonds. The molecule has 0 aliphatic heterocycles. The van der Waals surface area contributed by atoms with Crippen LogP contribution in [0.1, 0.15) is 18.4 Å². The number of hydrogen-bond acceptors (Lipinski definition) is 3.